The average molecular weight is 238 g/mol. The molecule has 0 saturated heterocycles. The van der Waals surface area contributed by atoms with Crippen molar-refractivity contribution < 1.29 is 0 Å². The van der Waals surface area contributed by atoms with Crippen molar-refractivity contribution in [2.75, 3.05) is 6.54 Å². The highest BCUT2D eigenvalue weighted by molar-refractivity contribution is 5.02. The summed E-state index contributed by atoms with van der Waals surface area (Å²) in [6, 6.07) is 0.731. The molecule has 0 aromatic carbocycles. The van der Waals surface area contributed by atoms with Crippen LogP contribution >= 0.6 is 0 Å². The summed E-state index contributed by atoms with van der Waals surface area (Å²) in [4.78, 5) is 0. The van der Waals surface area contributed by atoms with Crippen molar-refractivity contribution in [2.24, 2.45) is 11.1 Å². The minimum Gasteiger partial charge on any atom is -0.329 e. The van der Waals surface area contributed by atoms with E-state index in [1.807, 2.05) is 0 Å². The van der Waals surface area contributed by atoms with Crippen LogP contribution < -0.4 is 11.1 Å². The van der Waals surface area contributed by atoms with Crippen LogP contribution in [0.15, 0.2) is 0 Å². The predicted octanol–water partition coefficient (Wildman–Crippen LogP) is 3.21. The first kappa shape index (κ1) is 13.4. The molecule has 2 saturated carbocycles. The molecule has 1 unspecified atom stereocenters. The van der Waals surface area contributed by atoms with Crippen LogP contribution in [0.25, 0.3) is 0 Å². The highest BCUT2D eigenvalue weighted by Gasteiger charge is 2.42. The van der Waals surface area contributed by atoms with E-state index in [-0.39, 0.29) is 5.54 Å². The fourth-order valence-corrected chi connectivity index (χ4v) is 3.88. The van der Waals surface area contributed by atoms with Crippen LogP contribution in [-0.4, -0.2) is 18.1 Å². The zero-order valence-electron chi connectivity index (χ0n) is 11.7. The molecule has 2 aliphatic carbocycles. The Morgan fingerprint density at radius 2 is 1.71 bits per heavy atom. The fourth-order valence-electron chi connectivity index (χ4n) is 3.88. The standard InChI is InChI=1S/C15H30N2/c1-14(2)9-10-15(11-14,12-16)17-13-7-5-3-4-6-8-13/h13,17H,3-12,16H2,1-2H3. The second-order valence-electron chi connectivity index (χ2n) is 7.16. The van der Waals surface area contributed by atoms with Gasteiger partial charge in [0.15, 0.2) is 0 Å². The van der Waals surface area contributed by atoms with Crippen molar-refractivity contribution in [1.29, 1.82) is 0 Å². The Hall–Kier alpha value is -0.0800. The first-order valence-electron chi connectivity index (χ1n) is 7.53. The largest absolute Gasteiger partial charge is 0.329 e. The predicted molar refractivity (Wildman–Crippen MR) is 74.0 cm³/mol. The second-order valence-corrected chi connectivity index (χ2v) is 7.16. The molecule has 0 bridgehead atoms. The lowest BCUT2D eigenvalue weighted by Gasteiger charge is -2.35. The summed E-state index contributed by atoms with van der Waals surface area (Å²) < 4.78 is 0. The van der Waals surface area contributed by atoms with Gasteiger partial charge in [0.05, 0.1) is 0 Å². The molecule has 2 fully saturated rings. The average Bonchev–Trinajstić information content (AvgIpc) is 2.47. The Morgan fingerprint density at radius 3 is 2.18 bits per heavy atom. The summed E-state index contributed by atoms with van der Waals surface area (Å²) >= 11 is 0. The number of rotatable bonds is 3. The molecule has 2 aliphatic rings. The van der Waals surface area contributed by atoms with Crippen molar-refractivity contribution in [1.82, 2.24) is 5.32 Å². The first-order valence-corrected chi connectivity index (χ1v) is 7.53. The quantitative estimate of drug-likeness (QED) is 0.741. The van der Waals surface area contributed by atoms with Gasteiger partial charge in [-0.1, -0.05) is 39.5 Å². The molecule has 0 aliphatic heterocycles. The van der Waals surface area contributed by atoms with E-state index in [1.54, 1.807) is 0 Å². The van der Waals surface area contributed by atoms with E-state index < -0.39 is 0 Å². The normalized spacial score (nSPS) is 34.8. The van der Waals surface area contributed by atoms with Crippen LogP contribution in [0.4, 0.5) is 0 Å². The van der Waals surface area contributed by atoms with Crippen LogP contribution in [0.3, 0.4) is 0 Å². The van der Waals surface area contributed by atoms with Gasteiger partial charge in [0.1, 0.15) is 0 Å². The van der Waals surface area contributed by atoms with E-state index in [9.17, 15) is 0 Å². The van der Waals surface area contributed by atoms with Gasteiger partial charge in [-0.25, -0.2) is 0 Å². The van der Waals surface area contributed by atoms with Gasteiger partial charge in [0.25, 0.3) is 0 Å². The maximum atomic E-state index is 6.08. The lowest BCUT2D eigenvalue weighted by atomic mass is 9.87. The van der Waals surface area contributed by atoms with Gasteiger partial charge in [-0.3, -0.25) is 0 Å². The Morgan fingerprint density at radius 1 is 1.06 bits per heavy atom. The maximum Gasteiger partial charge on any atom is 0.0311 e. The molecule has 100 valence electrons. The fraction of sp³-hybridized carbons (Fsp3) is 1.00. The smallest absolute Gasteiger partial charge is 0.0311 e. The van der Waals surface area contributed by atoms with Crippen LogP contribution in [0.5, 0.6) is 0 Å². The molecule has 3 N–H and O–H groups in total. The van der Waals surface area contributed by atoms with E-state index in [0.717, 1.165) is 12.6 Å². The molecule has 0 aromatic rings. The van der Waals surface area contributed by atoms with Gasteiger partial charge in [-0.2, -0.15) is 0 Å². The number of hydrogen-bond donors (Lipinski definition) is 2. The van der Waals surface area contributed by atoms with E-state index in [0.29, 0.717) is 5.41 Å². The monoisotopic (exact) mass is 238 g/mol. The van der Waals surface area contributed by atoms with Gasteiger partial charge in [-0.15, -0.1) is 0 Å². The van der Waals surface area contributed by atoms with Crippen LogP contribution in [0.1, 0.15) is 71.6 Å². The first-order chi connectivity index (χ1) is 8.05. The summed E-state index contributed by atoms with van der Waals surface area (Å²) in [6.07, 6.45) is 12.2. The van der Waals surface area contributed by atoms with Gasteiger partial charge in [0.2, 0.25) is 0 Å². The van der Waals surface area contributed by atoms with Gasteiger partial charge in [-0.05, 0) is 37.5 Å². The highest BCUT2D eigenvalue weighted by Crippen LogP contribution is 2.43. The second kappa shape index (κ2) is 5.27. The van der Waals surface area contributed by atoms with E-state index >= 15 is 0 Å². The van der Waals surface area contributed by atoms with Gasteiger partial charge >= 0.3 is 0 Å². The van der Waals surface area contributed by atoms with Crippen molar-refractivity contribution in [2.45, 2.75) is 83.2 Å². The number of hydrogen-bond acceptors (Lipinski definition) is 2. The van der Waals surface area contributed by atoms with Crippen molar-refractivity contribution in [3.63, 3.8) is 0 Å². The van der Waals surface area contributed by atoms with Crippen LogP contribution in [0.2, 0.25) is 0 Å². The molecular formula is C15H30N2. The summed E-state index contributed by atoms with van der Waals surface area (Å²) in [7, 11) is 0. The summed E-state index contributed by atoms with van der Waals surface area (Å²) in [5.74, 6) is 0. The molecule has 1 atom stereocenters. The van der Waals surface area contributed by atoms with E-state index in [4.69, 9.17) is 5.73 Å². The summed E-state index contributed by atoms with van der Waals surface area (Å²) in [5.41, 5.74) is 6.82. The van der Waals surface area contributed by atoms with Crippen molar-refractivity contribution in [3.05, 3.63) is 0 Å². The van der Waals surface area contributed by atoms with Gasteiger partial charge in [0, 0.05) is 18.1 Å². The zero-order chi connectivity index (χ0) is 12.4. The van der Waals surface area contributed by atoms with Crippen molar-refractivity contribution in [3.8, 4) is 0 Å². The minimum atomic E-state index is 0.249. The third-order valence-corrected chi connectivity index (χ3v) is 4.85. The molecular weight excluding hydrogens is 208 g/mol. The third kappa shape index (κ3) is 3.45. The maximum absolute atomic E-state index is 6.08. The topological polar surface area (TPSA) is 38.0 Å². The molecule has 0 amide bonds. The van der Waals surface area contributed by atoms with E-state index in [2.05, 4.69) is 19.2 Å². The third-order valence-electron chi connectivity index (χ3n) is 4.85. The molecule has 17 heavy (non-hydrogen) atoms. The Bertz CT molecular complexity index is 241. The molecule has 2 heteroatoms. The van der Waals surface area contributed by atoms with Crippen LogP contribution in [0, 0.1) is 5.41 Å². The summed E-state index contributed by atoms with van der Waals surface area (Å²) in [6.45, 7) is 5.59. The lowest BCUT2D eigenvalue weighted by Crippen LogP contribution is -2.53. The SMILES string of the molecule is CC1(C)CCC(CN)(NC2CCCCCC2)C1. The molecule has 0 heterocycles. The van der Waals surface area contributed by atoms with Gasteiger partial charge < -0.3 is 11.1 Å². The number of nitrogens with one attached hydrogen (secondary N) is 1. The lowest BCUT2D eigenvalue weighted by molar-refractivity contribution is 0.252. The Kier molecular flexibility index (Phi) is 4.14. The van der Waals surface area contributed by atoms with E-state index in [1.165, 1.54) is 57.8 Å². The Balaban J connectivity index is 1.94. The Labute approximate surface area is 107 Å². The zero-order valence-corrected chi connectivity index (χ0v) is 11.7. The number of nitrogens with two attached hydrogens (primary N) is 1. The molecule has 2 rings (SSSR count). The molecule has 0 spiro atoms. The van der Waals surface area contributed by atoms with Crippen LogP contribution in [-0.2, 0) is 0 Å². The molecule has 0 radical (unpaired) electrons. The molecule has 0 aromatic heterocycles. The van der Waals surface area contributed by atoms with Crippen molar-refractivity contribution >= 4 is 0 Å². The molecule has 2 nitrogen and oxygen atoms in total. The summed E-state index contributed by atoms with van der Waals surface area (Å²) in [5, 5.41) is 3.95. The highest BCUT2D eigenvalue weighted by atomic mass is 15.0. The minimum absolute atomic E-state index is 0.249.